The first kappa shape index (κ1) is 18.6. The molecule has 0 atom stereocenters. The molecule has 136 valence electrons. The highest BCUT2D eigenvalue weighted by Crippen LogP contribution is 2.41. The summed E-state index contributed by atoms with van der Waals surface area (Å²) in [4.78, 5) is 0. The third-order valence-electron chi connectivity index (χ3n) is 5.06. The van der Waals surface area contributed by atoms with Crippen molar-refractivity contribution in [3.63, 3.8) is 0 Å². The Morgan fingerprint density at radius 2 is 1.76 bits per heavy atom. The highest BCUT2D eigenvalue weighted by molar-refractivity contribution is 7.91. The average molecular weight is 380 g/mol. The molecular weight excluding hydrogens is 354 g/mol. The van der Waals surface area contributed by atoms with Gasteiger partial charge in [-0.3, -0.25) is 0 Å². The molecule has 0 amide bonds. The van der Waals surface area contributed by atoms with Gasteiger partial charge in [0.05, 0.1) is 0 Å². The fourth-order valence-electron chi connectivity index (χ4n) is 3.66. The first-order valence-corrected chi connectivity index (χ1v) is 11.1. The fraction of sp³-hybridized carbons (Fsp3) is 0.474. The third-order valence-corrected chi connectivity index (χ3v) is 7.86. The first-order chi connectivity index (χ1) is 12.0. The molecule has 3 rings (SSSR count). The molecule has 2 N–H and O–H groups in total. The zero-order valence-electron chi connectivity index (χ0n) is 14.3. The Morgan fingerprint density at radius 1 is 1.08 bits per heavy atom. The van der Waals surface area contributed by atoms with Gasteiger partial charge in [-0.1, -0.05) is 43.2 Å². The minimum Gasteiger partial charge on any atom is -0.396 e. The van der Waals surface area contributed by atoms with Crippen molar-refractivity contribution >= 4 is 21.4 Å². The van der Waals surface area contributed by atoms with Crippen molar-refractivity contribution in [1.29, 1.82) is 0 Å². The van der Waals surface area contributed by atoms with Crippen LogP contribution in [0, 0.1) is 5.41 Å². The van der Waals surface area contributed by atoms with Gasteiger partial charge in [0.1, 0.15) is 4.21 Å². The maximum atomic E-state index is 12.4. The molecule has 1 fully saturated rings. The monoisotopic (exact) mass is 379 g/mol. The summed E-state index contributed by atoms with van der Waals surface area (Å²) in [6.45, 7) is 0.652. The van der Waals surface area contributed by atoms with E-state index >= 15 is 0 Å². The highest BCUT2D eigenvalue weighted by Gasteiger charge is 2.35. The number of sulfonamides is 1. The van der Waals surface area contributed by atoms with Crippen LogP contribution in [0.1, 0.15) is 36.8 Å². The van der Waals surface area contributed by atoms with Crippen LogP contribution in [0.3, 0.4) is 0 Å². The fourth-order valence-corrected chi connectivity index (χ4v) is 5.86. The molecule has 0 saturated heterocycles. The normalized spacial score (nSPS) is 17.0. The van der Waals surface area contributed by atoms with Gasteiger partial charge in [0.15, 0.2) is 0 Å². The van der Waals surface area contributed by atoms with E-state index in [1.54, 1.807) is 17.5 Å². The number of nitrogens with one attached hydrogen (secondary N) is 1. The van der Waals surface area contributed by atoms with Gasteiger partial charge in [-0.25, -0.2) is 13.1 Å². The van der Waals surface area contributed by atoms with Crippen molar-refractivity contribution in [2.45, 2.75) is 42.7 Å². The van der Waals surface area contributed by atoms with Gasteiger partial charge in [-0.05, 0) is 53.7 Å². The summed E-state index contributed by atoms with van der Waals surface area (Å²) in [6, 6.07) is 11.7. The molecule has 0 radical (unpaired) electrons. The van der Waals surface area contributed by atoms with Crippen molar-refractivity contribution in [2.24, 2.45) is 5.41 Å². The molecule has 1 aromatic heterocycles. The second-order valence-corrected chi connectivity index (χ2v) is 9.87. The third kappa shape index (κ3) is 4.70. The quantitative estimate of drug-likeness (QED) is 0.739. The molecule has 0 aliphatic heterocycles. The van der Waals surface area contributed by atoms with E-state index in [-0.39, 0.29) is 12.0 Å². The predicted molar refractivity (Wildman–Crippen MR) is 101 cm³/mol. The van der Waals surface area contributed by atoms with E-state index in [1.807, 2.05) is 0 Å². The van der Waals surface area contributed by atoms with Crippen LogP contribution in [-0.4, -0.2) is 26.7 Å². The zero-order valence-corrected chi connectivity index (χ0v) is 15.9. The molecule has 1 heterocycles. The summed E-state index contributed by atoms with van der Waals surface area (Å²) in [6.07, 6.45) is 5.98. The van der Waals surface area contributed by atoms with Gasteiger partial charge >= 0.3 is 0 Å². The predicted octanol–water partition coefficient (Wildman–Crippen LogP) is 3.36. The molecule has 4 nitrogen and oxygen atoms in total. The molecular formula is C19H25NO3S2. The standard InChI is InChI=1S/C19H25NO3S2/c21-12-9-16-5-7-17(8-6-16)14-19(10-1-2-11-19)15-20-25(22,23)18-4-3-13-24-18/h3-8,13,20-21H,1-2,9-12,14-15H2. The first-order valence-electron chi connectivity index (χ1n) is 8.75. The average Bonchev–Trinajstić information content (AvgIpc) is 3.28. The smallest absolute Gasteiger partial charge is 0.250 e. The topological polar surface area (TPSA) is 66.4 Å². The molecule has 25 heavy (non-hydrogen) atoms. The van der Waals surface area contributed by atoms with E-state index in [9.17, 15) is 8.42 Å². The summed E-state index contributed by atoms with van der Waals surface area (Å²) in [7, 11) is -3.41. The Morgan fingerprint density at radius 3 is 2.36 bits per heavy atom. The Bertz CT molecular complexity index is 762. The maximum Gasteiger partial charge on any atom is 0.250 e. The number of aliphatic hydroxyl groups is 1. The van der Waals surface area contributed by atoms with Crippen LogP contribution < -0.4 is 4.72 Å². The van der Waals surface area contributed by atoms with E-state index in [1.165, 1.54) is 16.9 Å². The van der Waals surface area contributed by atoms with Crippen LogP contribution in [0.15, 0.2) is 46.0 Å². The number of aliphatic hydroxyl groups excluding tert-OH is 1. The van der Waals surface area contributed by atoms with E-state index < -0.39 is 10.0 Å². The Labute approximate surface area is 154 Å². The minimum atomic E-state index is -3.41. The highest BCUT2D eigenvalue weighted by atomic mass is 32.2. The van der Waals surface area contributed by atoms with Crippen LogP contribution in [0.25, 0.3) is 0 Å². The van der Waals surface area contributed by atoms with Crippen LogP contribution in [0.5, 0.6) is 0 Å². The molecule has 0 spiro atoms. The van der Waals surface area contributed by atoms with Crippen LogP contribution in [-0.2, 0) is 22.9 Å². The number of hydrogen-bond donors (Lipinski definition) is 2. The Balaban J connectivity index is 1.69. The Hall–Kier alpha value is -1.21. The van der Waals surface area contributed by atoms with E-state index in [2.05, 4.69) is 29.0 Å². The molecule has 1 saturated carbocycles. The molecule has 1 aliphatic rings. The van der Waals surface area contributed by atoms with Crippen molar-refractivity contribution in [2.75, 3.05) is 13.2 Å². The van der Waals surface area contributed by atoms with Crippen LogP contribution in [0.2, 0.25) is 0 Å². The second kappa shape index (κ2) is 7.99. The lowest BCUT2D eigenvalue weighted by Crippen LogP contribution is -2.37. The van der Waals surface area contributed by atoms with Crippen molar-refractivity contribution < 1.29 is 13.5 Å². The zero-order chi connectivity index (χ0) is 17.8. The largest absolute Gasteiger partial charge is 0.396 e. The van der Waals surface area contributed by atoms with Crippen LogP contribution in [0.4, 0.5) is 0 Å². The lowest BCUT2D eigenvalue weighted by atomic mass is 9.80. The molecule has 2 aromatic rings. The van der Waals surface area contributed by atoms with Gasteiger partial charge in [0.2, 0.25) is 10.0 Å². The van der Waals surface area contributed by atoms with Gasteiger partial charge < -0.3 is 5.11 Å². The van der Waals surface area contributed by atoms with Crippen LogP contribution >= 0.6 is 11.3 Å². The molecule has 6 heteroatoms. The number of hydrogen-bond acceptors (Lipinski definition) is 4. The Kier molecular flexibility index (Phi) is 5.94. The van der Waals surface area contributed by atoms with Gasteiger partial charge in [0.25, 0.3) is 0 Å². The summed E-state index contributed by atoms with van der Waals surface area (Å²) < 4.78 is 28.1. The summed E-state index contributed by atoms with van der Waals surface area (Å²) in [5.74, 6) is 0. The number of benzene rings is 1. The minimum absolute atomic E-state index is 0.00280. The van der Waals surface area contributed by atoms with Gasteiger partial charge in [-0.2, -0.15) is 0 Å². The lowest BCUT2D eigenvalue weighted by Gasteiger charge is -2.29. The van der Waals surface area contributed by atoms with Crippen molar-refractivity contribution in [1.82, 2.24) is 4.72 Å². The summed E-state index contributed by atoms with van der Waals surface area (Å²) in [5.41, 5.74) is 2.37. The molecule has 1 aromatic carbocycles. The summed E-state index contributed by atoms with van der Waals surface area (Å²) >= 11 is 1.25. The summed E-state index contributed by atoms with van der Waals surface area (Å²) in [5, 5.41) is 10.8. The van der Waals surface area contributed by atoms with E-state index in [0.29, 0.717) is 17.2 Å². The van der Waals surface area contributed by atoms with Crippen molar-refractivity contribution in [3.8, 4) is 0 Å². The number of rotatable bonds is 8. The van der Waals surface area contributed by atoms with Gasteiger partial charge in [0, 0.05) is 13.2 Å². The number of thiophene rings is 1. The van der Waals surface area contributed by atoms with Gasteiger partial charge in [-0.15, -0.1) is 11.3 Å². The molecule has 1 aliphatic carbocycles. The molecule has 0 bridgehead atoms. The second-order valence-electron chi connectivity index (χ2n) is 6.93. The van der Waals surface area contributed by atoms with Crippen molar-refractivity contribution in [3.05, 3.63) is 52.9 Å². The SMILES string of the molecule is O=S(=O)(NCC1(Cc2ccc(CCO)cc2)CCCC1)c1cccs1. The maximum absolute atomic E-state index is 12.4. The van der Waals surface area contributed by atoms with E-state index in [0.717, 1.165) is 37.7 Å². The van der Waals surface area contributed by atoms with E-state index in [4.69, 9.17) is 5.11 Å². The molecule has 0 unspecified atom stereocenters. The lowest BCUT2D eigenvalue weighted by molar-refractivity contribution is 0.294.